The van der Waals surface area contributed by atoms with E-state index in [4.69, 9.17) is 4.74 Å². The van der Waals surface area contributed by atoms with Crippen molar-refractivity contribution in [1.29, 1.82) is 0 Å². The molecule has 1 unspecified atom stereocenters. The van der Waals surface area contributed by atoms with Crippen molar-refractivity contribution < 1.29 is 4.74 Å². The summed E-state index contributed by atoms with van der Waals surface area (Å²) in [6.07, 6.45) is 1.24. The molecule has 2 fully saturated rings. The predicted octanol–water partition coefficient (Wildman–Crippen LogP) is 0.102. The van der Waals surface area contributed by atoms with Gasteiger partial charge < -0.3 is 10.1 Å². The van der Waals surface area contributed by atoms with Gasteiger partial charge in [-0.1, -0.05) is 0 Å². The highest BCUT2D eigenvalue weighted by atomic mass is 35.5. The van der Waals surface area contributed by atoms with Crippen molar-refractivity contribution in [2.75, 3.05) is 39.4 Å². The SMILES string of the molecule is C1CN(C2CCOC2)CCN1.Cl. The topological polar surface area (TPSA) is 24.5 Å². The van der Waals surface area contributed by atoms with Crippen LogP contribution in [-0.2, 0) is 4.74 Å². The molecule has 0 aromatic rings. The van der Waals surface area contributed by atoms with E-state index in [1.54, 1.807) is 0 Å². The van der Waals surface area contributed by atoms with Crippen LogP contribution in [0.2, 0.25) is 0 Å². The molecule has 0 spiro atoms. The van der Waals surface area contributed by atoms with Gasteiger partial charge in [-0.3, -0.25) is 4.90 Å². The Balaban J connectivity index is 0.000000720. The summed E-state index contributed by atoms with van der Waals surface area (Å²) in [5, 5.41) is 3.36. The number of piperazine rings is 1. The third kappa shape index (κ3) is 2.33. The van der Waals surface area contributed by atoms with E-state index >= 15 is 0 Å². The second kappa shape index (κ2) is 5.02. The molecule has 2 aliphatic rings. The van der Waals surface area contributed by atoms with E-state index in [2.05, 4.69) is 10.2 Å². The number of rotatable bonds is 1. The lowest BCUT2D eigenvalue weighted by Crippen LogP contribution is -2.48. The van der Waals surface area contributed by atoms with Crippen molar-refractivity contribution in [2.24, 2.45) is 0 Å². The van der Waals surface area contributed by atoms with E-state index in [9.17, 15) is 0 Å². The zero-order valence-electron chi connectivity index (χ0n) is 7.29. The van der Waals surface area contributed by atoms with Gasteiger partial charge in [0.2, 0.25) is 0 Å². The number of ether oxygens (including phenoxy) is 1. The number of hydrogen-bond acceptors (Lipinski definition) is 3. The summed E-state index contributed by atoms with van der Waals surface area (Å²) >= 11 is 0. The molecule has 2 rings (SSSR count). The molecular formula is C8H17ClN2O. The Labute approximate surface area is 79.9 Å². The molecule has 0 amide bonds. The van der Waals surface area contributed by atoms with E-state index in [1.165, 1.54) is 19.5 Å². The van der Waals surface area contributed by atoms with Crippen molar-refractivity contribution in [3.63, 3.8) is 0 Å². The average molecular weight is 193 g/mol. The van der Waals surface area contributed by atoms with Gasteiger partial charge in [0.25, 0.3) is 0 Å². The van der Waals surface area contributed by atoms with Gasteiger partial charge >= 0.3 is 0 Å². The fourth-order valence-electron chi connectivity index (χ4n) is 1.86. The molecule has 72 valence electrons. The van der Waals surface area contributed by atoms with Crippen LogP contribution >= 0.6 is 12.4 Å². The first-order valence-corrected chi connectivity index (χ1v) is 4.49. The van der Waals surface area contributed by atoms with Crippen molar-refractivity contribution >= 4 is 12.4 Å². The van der Waals surface area contributed by atoms with Gasteiger partial charge in [0.15, 0.2) is 0 Å². The van der Waals surface area contributed by atoms with Gasteiger partial charge in [0.05, 0.1) is 6.61 Å². The van der Waals surface area contributed by atoms with Crippen LogP contribution in [0, 0.1) is 0 Å². The summed E-state index contributed by atoms with van der Waals surface area (Å²) in [5.41, 5.74) is 0. The largest absolute Gasteiger partial charge is 0.380 e. The van der Waals surface area contributed by atoms with E-state index < -0.39 is 0 Å². The summed E-state index contributed by atoms with van der Waals surface area (Å²) in [6, 6.07) is 0.720. The lowest BCUT2D eigenvalue weighted by atomic mass is 10.2. The minimum atomic E-state index is 0. The standard InChI is InChI=1S/C8H16N2O.ClH/c1-6-11-7-8(1)10-4-2-9-3-5-10;/h8-9H,1-7H2;1H. The predicted molar refractivity (Wildman–Crippen MR) is 50.9 cm³/mol. The first-order valence-electron chi connectivity index (χ1n) is 4.49. The second-order valence-electron chi connectivity index (χ2n) is 3.30. The average Bonchev–Trinajstić information content (AvgIpc) is 2.58. The minimum absolute atomic E-state index is 0. The Morgan fingerprint density at radius 3 is 2.58 bits per heavy atom. The molecular weight excluding hydrogens is 176 g/mol. The van der Waals surface area contributed by atoms with Gasteiger partial charge in [-0.05, 0) is 6.42 Å². The second-order valence-corrected chi connectivity index (χ2v) is 3.30. The zero-order valence-corrected chi connectivity index (χ0v) is 8.11. The van der Waals surface area contributed by atoms with Crippen LogP contribution in [-0.4, -0.2) is 50.3 Å². The van der Waals surface area contributed by atoms with Crippen LogP contribution in [0.5, 0.6) is 0 Å². The van der Waals surface area contributed by atoms with Crippen molar-refractivity contribution in [1.82, 2.24) is 10.2 Å². The summed E-state index contributed by atoms with van der Waals surface area (Å²) in [7, 11) is 0. The molecule has 3 nitrogen and oxygen atoms in total. The molecule has 2 saturated heterocycles. The van der Waals surface area contributed by atoms with Crippen LogP contribution in [0.15, 0.2) is 0 Å². The Morgan fingerprint density at radius 2 is 2.00 bits per heavy atom. The maximum absolute atomic E-state index is 5.35. The summed E-state index contributed by atoms with van der Waals surface area (Å²) in [5.74, 6) is 0. The molecule has 0 aromatic heterocycles. The molecule has 1 N–H and O–H groups in total. The molecule has 0 radical (unpaired) electrons. The first-order chi connectivity index (χ1) is 5.47. The first kappa shape index (κ1) is 10.3. The maximum Gasteiger partial charge on any atom is 0.0622 e. The van der Waals surface area contributed by atoms with Crippen molar-refractivity contribution in [3.05, 3.63) is 0 Å². The maximum atomic E-state index is 5.35. The molecule has 0 aliphatic carbocycles. The highest BCUT2D eigenvalue weighted by Crippen LogP contribution is 2.12. The molecule has 2 aliphatic heterocycles. The number of hydrogen-bond donors (Lipinski definition) is 1. The van der Waals surface area contributed by atoms with Crippen molar-refractivity contribution in [2.45, 2.75) is 12.5 Å². The van der Waals surface area contributed by atoms with Crippen LogP contribution in [0.4, 0.5) is 0 Å². The third-order valence-electron chi connectivity index (χ3n) is 2.57. The number of nitrogens with zero attached hydrogens (tertiary/aromatic N) is 1. The van der Waals surface area contributed by atoms with E-state index in [0.29, 0.717) is 0 Å². The summed E-state index contributed by atoms with van der Waals surface area (Å²) < 4.78 is 5.35. The monoisotopic (exact) mass is 192 g/mol. The van der Waals surface area contributed by atoms with Crippen LogP contribution in [0.1, 0.15) is 6.42 Å². The molecule has 2 heterocycles. The van der Waals surface area contributed by atoms with Gasteiger partial charge in [-0.2, -0.15) is 0 Å². The van der Waals surface area contributed by atoms with Crippen LogP contribution in [0.25, 0.3) is 0 Å². The van der Waals surface area contributed by atoms with E-state index in [1.807, 2.05) is 0 Å². The normalized spacial score (nSPS) is 31.5. The Morgan fingerprint density at radius 1 is 1.25 bits per heavy atom. The highest BCUT2D eigenvalue weighted by molar-refractivity contribution is 5.85. The smallest absolute Gasteiger partial charge is 0.0622 e. The zero-order chi connectivity index (χ0) is 7.52. The Bertz CT molecular complexity index is 122. The van der Waals surface area contributed by atoms with Crippen LogP contribution < -0.4 is 5.32 Å². The molecule has 12 heavy (non-hydrogen) atoms. The number of halogens is 1. The van der Waals surface area contributed by atoms with Gasteiger partial charge in [-0.25, -0.2) is 0 Å². The lowest BCUT2D eigenvalue weighted by Gasteiger charge is -2.31. The molecule has 1 atom stereocenters. The number of nitrogens with one attached hydrogen (secondary N) is 1. The van der Waals surface area contributed by atoms with Gasteiger partial charge in [-0.15, -0.1) is 12.4 Å². The van der Waals surface area contributed by atoms with E-state index in [-0.39, 0.29) is 12.4 Å². The van der Waals surface area contributed by atoms with E-state index in [0.717, 1.165) is 32.3 Å². The molecule has 0 saturated carbocycles. The molecule has 0 bridgehead atoms. The van der Waals surface area contributed by atoms with Gasteiger partial charge in [0, 0.05) is 38.8 Å². The quantitative estimate of drug-likeness (QED) is 0.638. The summed E-state index contributed by atoms with van der Waals surface area (Å²) in [6.45, 7) is 6.63. The van der Waals surface area contributed by atoms with Crippen LogP contribution in [0.3, 0.4) is 0 Å². The summed E-state index contributed by atoms with van der Waals surface area (Å²) in [4.78, 5) is 2.55. The Hall–Kier alpha value is 0.170. The fourth-order valence-corrected chi connectivity index (χ4v) is 1.86. The molecule has 4 heteroatoms. The minimum Gasteiger partial charge on any atom is -0.380 e. The third-order valence-corrected chi connectivity index (χ3v) is 2.57. The molecule has 0 aromatic carbocycles. The van der Waals surface area contributed by atoms with Crippen molar-refractivity contribution in [3.8, 4) is 0 Å². The highest BCUT2D eigenvalue weighted by Gasteiger charge is 2.23. The Kier molecular flexibility index (Phi) is 4.29. The fraction of sp³-hybridized carbons (Fsp3) is 1.00. The lowest BCUT2D eigenvalue weighted by molar-refractivity contribution is 0.133. The van der Waals surface area contributed by atoms with Gasteiger partial charge in [0.1, 0.15) is 0 Å².